The first-order chi connectivity index (χ1) is 11.3. The van der Waals surface area contributed by atoms with Crippen molar-refractivity contribution in [3.63, 3.8) is 0 Å². The van der Waals surface area contributed by atoms with Crippen LogP contribution in [0.5, 0.6) is 11.9 Å². The van der Waals surface area contributed by atoms with Gasteiger partial charge in [-0.15, -0.1) is 0 Å². The molecule has 0 amide bonds. The molecule has 0 atom stereocenters. The zero-order chi connectivity index (χ0) is 17.4. The Morgan fingerprint density at radius 2 is 1.24 bits per heavy atom. The summed E-state index contributed by atoms with van der Waals surface area (Å²) in [5, 5.41) is 21.4. The van der Waals surface area contributed by atoms with Crippen LogP contribution in [0.3, 0.4) is 0 Å². The van der Waals surface area contributed by atoms with Crippen molar-refractivity contribution in [1.29, 1.82) is 0 Å². The minimum Gasteiger partial charge on any atom is -0.857 e. The fraction of sp³-hybridized carbons (Fsp3) is 0. The molecule has 0 unspecified atom stereocenters. The Morgan fingerprint density at radius 1 is 0.680 bits per heavy atom. The molecule has 4 rings (SSSR count). The van der Waals surface area contributed by atoms with Crippen LogP contribution in [-0.4, -0.2) is 77.6 Å². The topological polar surface area (TPSA) is 235 Å². The number of aromatic amines is 6. The molecule has 15 heteroatoms. The number of rotatable bonds is 0. The number of hydrogen-bond donors (Lipinski definition) is 6. The van der Waals surface area contributed by atoms with Crippen molar-refractivity contribution in [2.24, 2.45) is 0 Å². The third kappa shape index (κ3) is 3.81. The van der Waals surface area contributed by atoms with E-state index in [4.69, 9.17) is 0 Å². The van der Waals surface area contributed by atoms with Crippen LogP contribution in [0, 0.1) is 0 Å². The Hall–Kier alpha value is -2.84. The number of imidazole rings is 2. The summed E-state index contributed by atoms with van der Waals surface area (Å²) in [4.78, 5) is 62.3. The molecule has 14 nitrogen and oxygen atoms in total. The van der Waals surface area contributed by atoms with Crippen LogP contribution in [0.1, 0.15) is 0 Å². The molecule has 4 aromatic rings. The van der Waals surface area contributed by atoms with Crippen LogP contribution < -0.4 is 32.8 Å². The SMILES string of the molecule is O=c1[nH]c(=O)c2[nH]c(=O)[nH]c2[nH]1.O=c1[nH]c2nc([O-])nc([O-])c2[nH]1.[Ca+2]. The molecule has 0 bridgehead atoms. The van der Waals surface area contributed by atoms with Gasteiger partial charge in [0.1, 0.15) is 11.2 Å². The Kier molecular flexibility index (Phi) is 5.15. The van der Waals surface area contributed by atoms with E-state index in [1.54, 1.807) is 0 Å². The zero-order valence-corrected chi connectivity index (χ0v) is 14.3. The largest absolute Gasteiger partial charge is 2.00 e. The molecular formula is C10H6CaN8O6. The summed E-state index contributed by atoms with van der Waals surface area (Å²) in [6, 6.07) is -0.900. The summed E-state index contributed by atoms with van der Waals surface area (Å²) >= 11 is 0. The van der Waals surface area contributed by atoms with Gasteiger partial charge >= 0.3 is 54.8 Å². The standard InChI is InChI=1S/2C5H4N4O3.Ca/c2*10-3-1-2(7-4(11)6-1)8-5(12)9-3;/h2*(H4,6,7,8,9,10,11,12);/q;;+2/p-2. The number of aromatic nitrogens is 8. The first-order valence-electron chi connectivity index (χ1n) is 6.12. The van der Waals surface area contributed by atoms with Crippen molar-refractivity contribution in [2.75, 3.05) is 0 Å². The van der Waals surface area contributed by atoms with Gasteiger partial charge < -0.3 is 15.2 Å². The molecular weight excluding hydrogens is 368 g/mol. The maximum Gasteiger partial charge on any atom is 2.00 e. The smallest absolute Gasteiger partial charge is 0.857 e. The van der Waals surface area contributed by atoms with Crippen molar-refractivity contribution >= 4 is 60.1 Å². The Balaban J connectivity index is 0.000000173. The van der Waals surface area contributed by atoms with Crippen LogP contribution >= 0.6 is 0 Å². The molecule has 0 spiro atoms. The van der Waals surface area contributed by atoms with E-state index in [1.165, 1.54) is 0 Å². The second-order valence-electron chi connectivity index (χ2n) is 4.35. The maximum absolute atomic E-state index is 10.9. The predicted molar refractivity (Wildman–Crippen MR) is 79.3 cm³/mol. The minimum atomic E-state index is -0.900. The summed E-state index contributed by atoms with van der Waals surface area (Å²) in [6.07, 6.45) is 0. The second-order valence-corrected chi connectivity index (χ2v) is 4.35. The normalized spacial score (nSPS) is 10.2. The van der Waals surface area contributed by atoms with Crippen molar-refractivity contribution in [3.8, 4) is 11.9 Å². The van der Waals surface area contributed by atoms with E-state index in [1.807, 2.05) is 4.98 Å². The van der Waals surface area contributed by atoms with E-state index in [2.05, 4.69) is 34.9 Å². The van der Waals surface area contributed by atoms with E-state index in [9.17, 15) is 29.4 Å². The summed E-state index contributed by atoms with van der Waals surface area (Å²) < 4.78 is 0. The first-order valence-corrected chi connectivity index (χ1v) is 6.12. The maximum atomic E-state index is 10.9. The van der Waals surface area contributed by atoms with E-state index < -0.39 is 34.5 Å². The third-order valence-corrected chi connectivity index (χ3v) is 2.75. The van der Waals surface area contributed by atoms with Gasteiger partial charge in [-0.25, -0.2) is 19.4 Å². The molecule has 0 saturated carbocycles. The quantitative estimate of drug-likeness (QED) is 0.164. The molecule has 25 heavy (non-hydrogen) atoms. The van der Waals surface area contributed by atoms with Gasteiger partial charge in [0, 0.05) is 5.88 Å². The summed E-state index contributed by atoms with van der Waals surface area (Å²) in [5.74, 6) is -0.775. The fourth-order valence-electron chi connectivity index (χ4n) is 1.83. The molecule has 124 valence electrons. The average molecular weight is 374 g/mol. The van der Waals surface area contributed by atoms with Crippen LogP contribution in [0.15, 0.2) is 19.2 Å². The van der Waals surface area contributed by atoms with Gasteiger partial charge in [0.05, 0.1) is 11.5 Å². The summed E-state index contributed by atoms with van der Waals surface area (Å²) in [5.41, 5.74) is -2.35. The molecule has 0 aliphatic carbocycles. The van der Waals surface area contributed by atoms with Gasteiger partial charge in [-0.05, 0) is 0 Å². The van der Waals surface area contributed by atoms with Crippen molar-refractivity contribution in [3.05, 3.63) is 41.8 Å². The Labute approximate surface area is 163 Å². The number of fused-ring (bicyclic) bond motifs is 2. The number of nitrogens with zero attached hydrogens (tertiary/aromatic N) is 2. The van der Waals surface area contributed by atoms with E-state index in [0.717, 1.165) is 0 Å². The second kappa shape index (κ2) is 6.96. The molecule has 4 aromatic heterocycles. The van der Waals surface area contributed by atoms with Crippen LogP contribution in [0.4, 0.5) is 0 Å². The first kappa shape index (κ1) is 18.5. The minimum absolute atomic E-state index is 0. The third-order valence-electron chi connectivity index (χ3n) is 2.75. The van der Waals surface area contributed by atoms with Crippen LogP contribution in [0.25, 0.3) is 22.3 Å². The zero-order valence-electron chi connectivity index (χ0n) is 12.1. The van der Waals surface area contributed by atoms with Gasteiger partial charge in [0.15, 0.2) is 5.65 Å². The van der Waals surface area contributed by atoms with Crippen molar-refractivity contribution in [1.82, 2.24) is 39.9 Å². The van der Waals surface area contributed by atoms with Gasteiger partial charge in [0.25, 0.3) is 5.56 Å². The fourth-order valence-corrected chi connectivity index (χ4v) is 1.83. The molecule has 0 aliphatic heterocycles. The molecule has 4 heterocycles. The van der Waals surface area contributed by atoms with Gasteiger partial charge in [-0.3, -0.25) is 34.7 Å². The van der Waals surface area contributed by atoms with E-state index >= 15 is 0 Å². The van der Waals surface area contributed by atoms with Crippen LogP contribution in [-0.2, 0) is 0 Å². The monoisotopic (exact) mass is 374 g/mol. The van der Waals surface area contributed by atoms with E-state index in [-0.39, 0.29) is 60.1 Å². The molecule has 0 saturated heterocycles. The van der Waals surface area contributed by atoms with Crippen molar-refractivity contribution in [2.45, 2.75) is 0 Å². The number of H-pyrrole nitrogens is 6. The molecule has 0 aromatic carbocycles. The summed E-state index contributed by atoms with van der Waals surface area (Å²) in [6.45, 7) is 0. The molecule has 0 radical (unpaired) electrons. The van der Waals surface area contributed by atoms with Gasteiger partial charge in [-0.2, -0.15) is 0 Å². The van der Waals surface area contributed by atoms with Gasteiger partial charge in [-0.1, -0.05) is 0 Å². The molecule has 6 N–H and O–H groups in total. The predicted octanol–water partition coefficient (Wildman–Crippen LogP) is -4.35. The average Bonchev–Trinajstić information content (AvgIpc) is 3.01. The molecule has 0 aliphatic rings. The number of hydrogen-bond acceptors (Lipinski definition) is 8. The van der Waals surface area contributed by atoms with Crippen LogP contribution in [0.2, 0.25) is 0 Å². The Morgan fingerprint density at radius 3 is 1.92 bits per heavy atom. The summed E-state index contributed by atoms with van der Waals surface area (Å²) in [7, 11) is 0. The van der Waals surface area contributed by atoms with Gasteiger partial charge in [0.2, 0.25) is 0 Å². The molecule has 0 fully saturated rings. The number of nitrogens with one attached hydrogen (secondary N) is 6. The Bertz CT molecular complexity index is 1270. The van der Waals surface area contributed by atoms with Crippen molar-refractivity contribution < 1.29 is 10.2 Å². The van der Waals surface area contributed by atoms with E-state index in [0.29, 0.717) is 0 Å².